The number of halogens is 3. The molecule has 0 unspecified atom stereocenters. The molecule has 78 valence electrons. The molecule has 0 aliphatic rings. The van der Waals surface area contributed by atoms with E-state index in [0.29, 0.717) is 19.6 Å². The van der Waals surface area contributed by atoms with Crippen molar-refractivity contribution in [3.63, 3.8) is 0 Å². The zero-order valence-electron chi connectivity index (χ0n) is 7.19. The number of carbonyl (C=O) groups excluding carboxylic acids is 1. The lowest BCUT2D eigenvalue weighted by atomic mass is 10.5. The second-order valence-corrected chi connectivity index (χ2v) is 4.83. The van der Waals surface area contributed by atoms with Crippen LogP contribution < -0.4 is 0 Å². The van der Waals surface area contributed by atoms with Gasteiger partial charge in [0.25, 0.3) is 0 Å². The lowest BCUT2D eigenvalue weighted by molar-refractivity contribution is -0.142. The summed E-state index contributed by atoms with van der Waals surface area (Å²) in [5.74, 6) is -0.329. The third-order valence-electron chi connectivity index (χ3n) is 1.06. The number of rotatable bonds is 5. The van der Waals surface area contributed by atoms with Crippen molar-refractivity contribution in [2.45, 2.75) is 17.1 Å². The number of alkyl halides is 3. The lowest BCUT2D eigenvalue weighted by Gasteiger charge is -2.10. The summed E-state index contributed by atoms with van der Waals surface area (Å²) >= 11 is 16.4. The maximum Gasteiger partial charge on any atom is 0.302 e. The Morgan fingerprint density at radius 2 is 1.85 bits per heavy atom. The maximum atomic E-state index is 10.3. The Labute approximate surface area is 92.2 Å². The molecule has 0 aromatic heterocycles. The van der Waals surface area contributed by atoms with Crippen molar-refractivity contribution in [2.75, 3.05) is 19.8 Å². The predicted molar refractivity (Wildman–Crippen MR) is 52.4 cm³/mol. The Hall–Kier alpha value is 0.300. The van der Waals surface area contributed by atoms with Gasteiger partial charge in [-0.05, 0) is 0 Å². The quantitative estimate of drug-likeness (QED) is 0.426. The molecule has 0 fully saturated rings. The van der Waals surface area contributed by atoms with E-state index in [1.54, 1.807) is 0 Å². The maximum absolute atomic E-state index is 10.3. The van der Waals surface area contributed by atoms with Gasteiger partial charge in [0.05, 0.1) is 13.2 Å². The van der Waals surface area contributed by atoms with Gasteiger partial charge in [0, 0.05) is 13.3 Å². The molecule has 13 heavy (non-hydrogen) atoms. The predicted octanol–water partition coefficient (Wildman–Crippen LogP) is 2.33. The number of carbonyl (C=O) groups is 1. The molecule has 0 spiro atoms. The second-order valence-electron chi connectivity index (χ2n) is 2.32. The highest BCUT2D eigenvalue weighted by atomic mass is 35.6. The number of esters is 1. The molecular formula is C7H11Cl3O3. The molecule has 0 saturated heterocycles. The molecule has 0 aromatic rings. The zero-order chi connectivity index (χ0) is 10.3. The van der Waals surface area contributed by atoms with Crippen LogP contribution >= 0.6 is 34.8 Å². The summed E-state index contributed by atoms with van der Waals surface area (Å²) < 4.78 is 8.36. The average molecular weight is 250 g/mol. The molecule has 0 aromatic carbocycles. The van der Waals surface area contributed by atoms with Gasteiger partial charge in [-0.3, -0.25) is 4.79 Å². The van der Waals surface area contributed by atoms with E-state index < -0.39 is 3.79 Å². The highest BCUT2D eigenvalue weighted by Gasteiger charge is 2.18. The van der Waals surface area contributed by atoms with Gasteiger partial charge in [-0.2, -0.15) is 0 Å². The van der Waals surface area contributed by atoms with E-state index in [9.17, 15) is 4.79 Å². The van der Waals surface area contributed by atoms with Crippen LogP contribution in [0.4, 0.5) is 0 Å². The fraction of sp³-hybridized carbons (Fsp3) is 0.857. The molecule has 0 N–H and O–H groups in total. The summed E-state index contributed by atoms with van der Waals surface area (Å²) in [5, 5.41) is 0. The van der Waals surface area contributed by atoms with Gasteiger partial charge in [-0.1, -0.05) is 34.8 Å². The SMILES string of the molecule is CC(=O)OCCOCCC(Cl)(Cl)Cl. The summed E-state index contributed by atoms with van der Waals surface area (Å²) in [5.41, 5.74) is 0. The van der Waals surface area contributed by atoms with Crippen molar-refractivity contribution in [3.8, 4) is 0 Å². The van der Waals surface area contributed by atoms with Crippen molar-refractivity contribution < 1.29 is 14.3 Å². The molecule has 0 bridgehead atoms. The Morgan fingerprint density at radius 3 is 2.31 bits per heavy atom. The van der Waals surface area contributed by atoms with Crippen molar-refractivity contribution in [3.05, 3.63) is 0 Å². The van der Waals surface area contributed by atoms with Gasteiger partial charge in [0.15, 0.2) is 3.79 Å². The van der Waals surface area contributed by atoms with Gasteiger partial charge in [0.2, 0.25) is 0 Å². The van der Waals surface area contributed by atoms with E-state index in [1.807, 2.05) is 0 Å². The molecule has 0 aliphatic heterocycles. The molecule has 0 aliphatic carbocycles. The minimum absolute atomic E-state index is 0.231. The molecule has 0 radical (unpaired) electrons. The third-order valence-corrected chi connectivity index (χ3v) is 1.63. The van der Waals surface area contributed by atoms with E-state index in [4.69, 9.17) is 39.5 Å². The largest absolute Gasteiger partial charge is 0.463 e. The van der Waals surface area contributed by atoms with Gasteiger partial charge in [0.1, 0.15) is 6.61 Å². The zero-order valence-corrected chi connectivity index (χ0v) is 9.45. The summed E-state index contributed by atoms with van der Waals surface area (Å²) in [6.45, 7) is 2.22. The first-order valence-electron chi connectivity index (χ1n) is 3.69. The van der Waals surface area contributed by atoms with E-state index in [-0.39, 0.29) is 12.6 Å². The van der Waals surface area contributed by atoms with Crippen molar-refractivity contribution in [2.24, 2.45) is 0 Å². The van der Waals surface area contributed by atoms with Crippen molar-refractivity contribution in [1.29, 1.82) is 0 Å². The van der Waals surface area contributed by atoms with Crippen LogP contribution in [0.15, 0.2) is 0 Å². The molecule has 0 amide bonds. The fourth-order valence-electron chi connectivity index (χ4n) is 0.534. The first kappa shape index (κ1) is 13.3. The van der Waals surface area contributed by atoms with E-state index in [0.717, 1.165) is 0 Å². The fourth-order valence-corrected chi connectivity index (χ4v) is 0.766. The van der Waals surface area contributed by atoms with Gasteiger partial charge >= 0.3 is 5.97 Å². The molecule has 0 saturated carbocycles. The van der Waals surface area contributed by atoms with Crippen LogP contribution in [0, 0.1) is 0 Å². The average Bonchev–Trinajstić information content (AvgIpc) is 1.93. The molecule has 0 rings (SSSR count). The third kappa shape index (κ3) is 12.3. The van der Waals surface area contributed by atoms with E-state index in [2.05, 4.69) is 4.74 Å². The van der Waals surface area contributed by atoms with Crippen molar-refractivity contribution >= 4 is 40.8 Å². The molecular weight excluding hydrogens is 238 g/mol. The first-order chi connectivity index (χ1) is 5.92. The topological polar surface area (TPSA) is 35.5 Å². The Bertz CT molecular complexity index is 156. The molecule has 3 nitrogen and oxygen atoms in total. The number of ether oxygens (including phenoxy) is 2. The lowest BCUT2D eigenvalue weighted by Crippen LogP contribution is -2.12. The van der Waals surface area contributed by atoms with Gasteiger partial charge < -0.3 is 9.47 Å². The van der Waals surface area contributed by atoms with Crippen LogP contribution in [0.3, 0.4) is 0 Å². The Morgan fingerprint density at radius 1 is 1.23 bits per heavy atom. The standard InChI is InChI=1S/C7H11Cl3O3/c1-6(11)13-5-4-12-3-2-7(8,9)10/h2-5H2,1H3. The Kier molecular flexibility index (Phi) is 6.86. The van der Waals surface area contributed by atoms with Crippen LogP contribution in [-0.4, -0.2) is 29.6 Å². The first-order valence-corrected chi connectivity index (χ1v) is 4.83. The summed E-state index contributed by atoms with van der Waals surface area (Å²) in [7, 11) is 0. The molecule has 6 heteroatoms. The van der Waals surface area contributed by atoms with Crippen LogP contribution in [0.5, 0.6) is 0 Å². The van der Waals surface area contributed by atoms with Crippen molar-refractivity contribution in [1.82, 2.24) is 0 Å². The van der Waals surface area contributed by atoms with Crippen LogP contribution in [0.25, 0.3) is 0 Å². The van der Waals surface area contributed by atoms with Crippen LogP contribution in [0.2, 0.25) is 0 Å². The monoisotopic (exact) mass is 248 g/mol. The highest BCUT2D eigenvalue weighted by Crippen LogP contribution is 2.29. The summed E-state index contributed by atoms with van der Waals surface area (Å²) in [6, 6.07) is 0. The molecule has 0 heterocycles. The highest BCUT2D eigenvalue weighted by molar-refractivity contribution is 6.67. The summed E-state index contributed by atoms with van der Waals surface area (Å²) in [6.07, 6.45) is 0.317. The smallest absolute Gasteiger partial charge is 0.302 e. The normalized spacial score (nSPS) is 11.4. The minimum atomic E-state index is -1.28. The van der Waals surface area contributed by atoms with E-state index >= 15 is 0 Å². The second kappa shape index (κ2) is 6.71. The van der Waals surface area contributed by atoms with E-state index in [1.165, 1.54) is 6.92 Å². The summed E-state index contributed by atoms with van der Waals surface area (Å²) in [4.78, 5) is 10.3. The minimum Gasteiger partial charge on any atom is -0.463 e. The van der Waals surface area contributed by atoms with Gasteiger partial charge in [-0.25, -0.2) is 0 Å². The van der Waals surface area contributed by atoms with Crippen LogP contribution in [-0.2, 0) is 14.3 Å². The number of hydrogen-bond acceptors (Lipinski definition) is 3. The Balaban J connectivity index is 3.13. The van der Waals surface area contributed by atoms with Gasteiger partial charge in [-0.15, -0.1) is 0 Å². The molecule has 0 atom stereocenters. The number of hydrogen-bond donors (Lipinski definition) is 0. The van der Waals surface area contributed by atoms with Crippen LogP contribution in [0.1, 0.15) is 13.3 Å².